The van der Waals surface area contributed by atoms with Crippen molar-refractivity contribution in [1.29, 1.82) is 0 Å². The Morgan fingerprint density at radius 1 is 1.09 bits per heavy atom. The molecule has 168 valence electrons. The Kier molecular flexibility index (Phi) is 7.32. The first-order valence-corrected chi connectivity index (χ1v) is 10.9. The Balaban J connectivity index is 0.000000427. The number of carboxylic acid groups (broad SMARTS) is 2. The van der Waals surface area contributed by atoms with E-state index in [1.807, 2.05) is 35.2 Å². The molecule has 2 aliphatic rings. The van der Waals surface area contributed by atoms with E-state index in [0.29, 0.717) is 13.1 Å². The molecule has 32 heavy (non-hydrogen) atoms. The number of nitrogens with one attached hydrogen (secondary N) is 1. The van der Waals surface area contributed by atoms with Gasteiger partial charge in [-0.15, -0.1) is 0 Å². The van der Waals surface area contributed by atoms with E-state index >= 15 is 0 Å². The molecular formula is C23H25N3O5S. The average molecular weight is 456 g/mol. The fourth-order valence-corrected chi connectivity index (χ4v) is 4.92. The Morgan fingerprint density at radius 3 is 2.38 bits per heavy atom. The molecule has 0 saturated carbocycles. The fraction of sp³-hybridized carbons (Fsp3) is 0.304. The summed E-state index contributed by atoms with van der Waals surface area (Å²) in [5, 5.41) is 19.1. The number of aliphatic imine (C=N–C) groups is 1. The third-order valence-electron chi connectivity index (χ3n) is 5.11. The molecule has 0 aliphatic carbocycles. The van der Waals surface area contributed by atoms with E-state index < -0.39 is 11.9 Å². The number of carbonyl (C=O) groups is 3. The normalized spacial score (nSPS) is 19.2. The smallest absolute Gasteiger partial charge is 0.414 e. The van der Waals surface area contributed by atoms with Crippen LogP contribution in [0.1, 0.15) is 31.0 Å². The Bertz CT molecular complexity index is 1030. The maximum absolute atomic E-state index is 13.0. The van der Waals surface area contributed by atoms with Gasteiger partial charge < -0.3 is 20.4 Å². The summed E-state index contributed by atoms with van der Waals surface area (Å²) < 4.78 is 0. The molecule has 2 heterocycles. The van der Waals surface area contributed by atoms with Crippen molar-refractivity contribution >= 4 is 34.7 Å². The molecule has 1 fully saturated rings. The number of carboxylic acids is 2. The SMILES string of the molecule is CC1(C)N=C(CN2CCNC(c3ccccc3)C2=O)Sc2ccccc21.O=C(O)C(=O)O. The lowest BCUT2D eigenvalue weighted by Crippen LogP contribution is -2.51. The maximum Gasteiger partial charge on any atom is 0.414 e. The number of piperazine rings is 1. The number of hydrogen-bond donors (Lipinski definition) is 3. The molecule has 9 heteroatoms. The number of rotatable bonds is 3. The van der Waals surface area contributed by atoms with Crippen LogP contribution in [-0.2, 0) is 19.9 Å². The standard InChI is InChI=1S/C21H23N3OS.C2H2O4/c1-21(2)16-10-6-7-11-17(16)26-18(23-21)14-24-13-12-22-19(20(24)25)15-8-4-3-5-9-15;3-1(4)2(5)6/h3-11,19,22H,12-14H2,1-2H3;(H,3,4)(H,5,6). The summed E-state index contributed by atoms with van der Waals surface area (Å²) in [5.41, 5.74) is 2.02. The van der Waals surface area contributed by atoms with E-state index in [-0.39, 0.29) is 17.5 Å². The van der Waals surface area contributed by atoms with Crippen molar-refractivity contribution in [2.24, 2.45) is 4.99 Å². The van der Waals surface area contributed by atoms with Gasteiger partial charge in [0.15, 0.2) is 0 Å². The van der Waals surface area contributed by atoms with Gasteiger partial charge in [-0.05, 0) is 31.0 Å². The molecule has 2 aromatic rings. The zero-order valence-corrected chi connectivity index (χ0v) is 18.6. The number of benzene rings is 2. The monoisotopic (exact) mass is 455 g/mol. The lowest BCUT2D eigenvalue weighted by atomic mass is 9.95. The lowest BCUT2D eigenvalue weighted by molar-refractivity contribution is -0.159. The van der Waals surface area contributed by atoms with Crippen LogP contribution in [0.2, 0.25) is 0 Å². The first kappa shape index (κ1) is 23.5. The zero-order chi connectivity index (χ0) is 23.3. The molecule has 2 aromatic carbocycles. The van der Waals surface area contributed by atoms with Crippen LogP contribution in [0, 0.1) is 0 Å². The van der Waals surface area contributed by atoms with Crippen LogP contribution in [0.3, 0.4) is 0 Å². The molecule has 1 saturated heterocycles. The average Bonchev–Trinajstić information content (AvgIpc) is 2.76. The van der Waals surface area contributed by atoms with Gasteiger partial charge in [0.25, 0.3) is 0 Å². The predicted octanol–water partition coefficient (Wildman–Crippen LogP) is 2.75. The van der Waals surface area contributed by atoms with Crippen LogP contribution in [0.15, 0.2) is 64.5 Å². The lowest BCUT2D eigenvalue weighted by Gasteiger charge is -2.35. The van der Waals surface area contributed by atoms with Crippen LogP contribution < -0.4 is 5.32 Å². The summed E-state index contributed by atoms with van der Waals surface area (Å²) in [7, 11) is 0. The quantitative estimate of drug-likeness (QED) is 0.609. The predicted molar refractivity (Wildman–Crippen MR) is 122 cm³/mol. The molecule has 2 aliphatic heterocycles. The van der Waals surface area contributed by atoms with E-state index in [4.69, 9.17) is 24.8 Å². The number of fused-ring (bicyclic) bond motifs is 1. The molecule has 0 spiro atoms. The molecule has 1 atom stereocenters. The summed E-state index contributed by atoms with van der Waals surface area (Å²) in [6, 6.07) is 18.1. The zero-order valence-electron chi connectivity index (χ0n) is 17.8. The van der Waals surface area contributed by atoms with E-state index in [1.165, 1.54) is 10.5 Å². The number of hydrogen-bond acceptors (Lipinski definition) is 6. The van der Waals surface area contributed by atoms with Crippen LogP contribution >= 0.6 is 11.8 Å². The van der Waals surface area contributed by atoms with Crippen molar-refractivity contribution < 1.29 is 24.6 Å². The van der Waals surface area contributed by atoms with Crippen LogP contribution in [0.4, 0.5) is 0 Å². The number of nitrogens with zero attached hydrogens (tertiary/aromatic N) is 2. The van der Waals surface area contributed by atoms with Gasteiger partial charge in [0.2, 0.25) is 5.91 Å². The topological polar surface area (TPSA) is 119 Å². The van der Waals surface area contributed by atoms with E-state index in [2.05, 4.69) is 43.4 Å². The van der Waals surface area contributed by atoms with Crippen LogP contribution in [0.25, 0.3) is 0 Å². The minimum atomic E-state index is -1.82. The molecular weight excluding hydrogens is 430 g/mol. The van der Waals surface area contributed by atoms with Crippen molar-refractivity contribution in [3.05, 3.63) is 65.7 Å². The second-order valence-electron chi connectivity index (χ2n) is 7.83. The van der Waals surface area contributed by atoms with E-state index in [0.717, 1.165) is 17.2 Å². The third-order valence-corrected chi connectivity index (χ3v) is 6.14. The van der Waals surface area contributed by atoms with Gasteiger partial charge >= 0.3 is 11.9 Å². The first-order chi connectivity index (χ1) is 15.2. The van der Waals surface area contributed by atoms with Gasteiger partial charge in [-0.3, -0.25) is 9.79 Å². The van der Waals surface area contributed by atoms with Gasteiger partial charge in [-0.25, -0.2) is 9.59 Å². The fourth-order valence-electron chi connectivity index (χ4n) is 3.60. The van der Waals surface area contributed by atoms with Gasteiger partial charge in [0.05, 0.1) is 17.1 Å². The van der Waals surface area contributed by atoms with Crippen molar-refractivity contribution in [2.45, 2.75) is 30.3 Å². The minimum Gasteiger partial charge on any atom is -0.473 e. The summed E-state index contributed by atoms with van der Waals surface area (Å²) in [4.78, 5) is 39.3. The summed E-state index contributed by atoms with van der Waals surface area (Å²) >= 11 is 1.69. The minimum absolute atomic E-state index is 0.127. The Labute approximate surface area is 190 Å². The molecule has 0 bridgehead atoms. The molecule has 0 aromatic heterocycles. The van der Waals surface area contributed by atoms with E-state index in [1.54, 1.807) is 11.8 Å². The number of thioether (sulfide) groups is 1. The highest BCUT2D eigenvalue weighted by Gasteiger charge is 2.33. The number of aliphatic carboxylic acids is 2. The highest BCUT2D eigenvalue weighted by Crippen LogP contribution is 2.39. The van der Waals surface area contributed by atoms with Gasteiger partial charge in [0.1, 0.15) is 6.04 Å². The summed E-state index contributed by atoms with van der Waals surface area (Å²) in [6.45, 7) is 6.36. The van der Waals surface area contributed by atoms with Crippen molar-refractivity contribution in [3.63, 3.8) is 0 Å². The van der Waals surface area contributed by atoms with Gasteiger partial charge in [0, 0.05) is 18.0 Å². The van der Waals surface area contributed by atoms with Crippen molar-refractivity contribution in [1.82, 2.24) is 10.2 Å². The van der Waals surface area contributed by atoms with Crippen molar-refractivity contribution in [3.8, 4) is 0 Å². The number of carbonyl (C=O) groups excluding carboxylic acids is 1. The molecule has 1 amide bonds. The highest BCUT2D eigenvalue weighted by molar-refractivity contribution is 8.14. The summed E-state index contributed by atoms with van der Waals surface area (Å²) in [6.07, 6.45) is 0. The van der Waals surface area contributed by atoms with Gasteiger partial charge in [-0.1, -0.05) is 60.3 Å². The highest BCUT2D eigenvalue weighted by atomic mass is 32.2. The Morgan fingerprint density at radius 2 is 1.72 bits per heavy atom. The summed E-state index contributed by atoms with van der Waals surface area (Å²) in [5.74, 6) is -3.52. The van der Waals surface area contributed by atoms with E-state index in [9.17, 15) is 4.79 Å². The molecule has 4 rings (SSSR count). The largest absolute Gasteiger partial charge is 0.473 e. The Hall–Kier alpha value is -3.17. The molecule has 0 radical (unpaired) electrons. The van der Waals surface area contributed by atoms with Crippen molar-refractivity contribution in [2.75, 3.05) is 19.6 Å². The molecule has 8 nitrogen and oxygen atoms in total. The molecule has 3 N–H and O–H groups in total. The first-order valence-electron chi connectivity index (χ1n) is 10.1. The van der Waals surface area contributed by atoms with Gasteiger partial charge in [-0.2, -0.15) is 0 Å². The third kappa shape index (κ3) is 5.54. The second-order valence-corrected chi connectivity index (χ2v) is 8.95. The maximum atomic E-state index is 13.0. The number of amides is 1. The molecule has 1 unspecified atom stereocenters. The second kappa shape index (κ2) is 9.97. The van der Waals surface area contributed by atoms with Crippen LogP contribution in [0.5, 0.6) is 0 Å². The van der Waals surface area contributed by atoms with Crippen LogP contribution in [-0.4, -0.2) is 57.6 Å².